The summed E-state index contributed by atoms with van der Waals surface area (Å²) in [6, 6.07) is 2.20. The fourth-order valence-corrected chi connectivity index (χ4v) is 3.62. The average Bonchev–Trinajstić information content (AvgIpc) is 2.78. The van der Waals surface area contributed by atoms with Crippen molar-refractivity contribution in [3.63, 3.8) is 0 Å². The zero-order chi connectivity index (χ0) is 10.7. The Bertz CT molecular complexity index is 315. The maximum atomic E-state index is 8.88. The van der Waals surface area contributed by atoms with Gasteiger partial charge in [0.25, 0.3) is 0 Å². The minimum Gasteiger partial charge on any atom is -0.396 e. The fraction of sp³-hybridized carbons (Fsp3) is 0.636. The van der Waals surface area contributed by atoms with Crippen LogP contribution in [-0.4, -0.2) is 29.7 Å². The Labute approximate surface area is 103 Å². The van der Waals surface area contributed by atoms with Gasteiger partial charge in [-0.1, -0.05) is 0 Å². The third-order valence-corrected chi connectivity index (χ3v) is 4.59. The zero-order valence-corrected chi connectivity index (χ0v) is 11.1. The molecule has 1 aromatic heterocycles. The lowest BCUT2D eigenvalue weighted by atomic mass is 10.1. The van der Waals surface area contributed by atoms with Crippen LogP contribution in [0.4, 0.5) is 0 Å². The molecule has 2 nitrogen and oxygen atoms in total. The first-order valence-corrected chi connectivity index (χ1v) is 7.01. The lowest BCUT2D eigenvalue weighted by molar-refractivity contribution is 0.250. The first-order valence-electron chi connectivity index (χ1n) is 5.34. The topological polar surface area (TPSA) is 23.5 Å². The number of thiophene rings is 1. The molecule has 1 saturated heterocycles. The number of likely N-dealkylation sites (tertiary alicyclic amines) is 1. The zero-order valence-electron chi connectivity index (χ0n) is 8.66. The van der Waals surface area contributed by atoms with E-state index in [2.05, 4.69) is 32.3 Å². The molecule has 2 heterocycles. The normalized spacial score (nSPS) is 22.4. The molecule has 1 unspecified atom stereocenters. The number of hydrogen-bond donors (Lipinski definition) is 1. The van der Waals surface area contributed by atoms with Crippen LogP contribution in [0.15, 0.2) is 15.9 Å². The van der Waals surface area contributed by atoms with Crippen molar-refractivity contribution >= 4 is 27.3 Å². The van der Waals surface area contributed by atoms with Crippen LogP contribution in [0.25, 0.3) is 0 Å². The summed E-state index contributed by atoms with van der Waals surface area (Å²) in [4.78, 5) is 3.91. The largest absolute Gasteiger partial charge is 0.396 e. The second-order valence-electron chi connectivity index (χ2n) is 4.13. The van der Waals surface area contributed by atoms with E-state index in [4.69, 9.17) is 5.11 Å². The van der Waals surface area contributed by atoms with Crippen molar-refractivity contribution in [3.8, 4) is 0 Å². The van der Waals surface area contributed by atoms with Crippen LogP contribution in [0.5, 0.6) is 0 Å². The molecule has 1 N–H and O–H groups in total. The Balaban J connectivity index is 1.82. The molecule has 84 valence electrons. The van der Waals surface area contributed by atoms with Crippen LogP contribution in [-0.2, 0) is 6.54 Å². The molecule has 1 atom stereocenters. The molecule has 0 aromatic carbocycles. The Morgan fingerprint density at radius 3 is 3.13 bits per heavy atom. The highest BCUT2D eigenvalue weighted by molar-refractivity contribution is 9.10. The van der Waals surface area contributed by atoms with Gasteiger partial charge in [-0.3, -0.25) is 4.90 Å². The van der Waals surface area contributed by atoms with Crippen LogP contribution in [0, 0.1) is 5.92 Å². The van der Waals surface area contributed by atoms with E-state index >= 15 is 0 Å². The smallest absolute Gasteiger partial charge is 0.0434 e. The Hall–Kier alpha value is 0.1000. The van der Waals surface area contributed by atoms with E-state index in [0.29, 0.717) is 12.5 Å². The van der Waals surface area contributed by atoms with E-state index in [9.17, 15) is 0 Å². The third kappa shape index (κ3) is 3.28. The molecule has 1 aromatic rings. The summed E-state index contributed by atoms with van der Waals surface area (Å²) in [5.41, 5.74) is 0. The molecule has 2 rings (SSSR count). The molecular formula is C11H16BrNOS. The highest BCUT2D eigenvalue weighted by Gasteiger charge is 2.21. The summed E-state index contributed by atoms with van der Waals surface area (Å²) in [6.07, 6.45) is 2.21. The first kappa shape index (κ1) is 11.6. The summed E-state index contributed by atoms with van der Waals surface area (Å²) < 4.78 is 1.19. The Kier molecular flexibility index (Phi) is 4.20. The van der Waals surface area contributed by atoms with Gasteiger partial charge in [-0.05, 0) is 47.3 Å². The summed E-state index contributed by atoms with van der Waals surface area (Å²) in [5, 5.41) is 11.0. The number of halogens is 1. The van der Waals surface area contributed by atoms with Crippen LogP contribution in [0.3, 0.4) is 0 Å². The second-order valence-corrected chi connectivity index (χ2v) is 6.04. The highest BCUT2D eigenvalue weighted by Crippen LogP contribution is 2.25. The van der Waals surface area contributed by atoms with Gasteiger partial charge in [0.1, 0.15) is 0 Å². The molecular weight excluding hydrogens is 274 g/mol. The Morgan fingerprint density at radius 2 is 2.47 bits per heavy atom. The number of aliphatic hydroxyl groups excluding tert-OH is 1. The minimum absolute atomic E-state index is 0.336. The standard InChI is InChI=1S/C11H16BrNOS/c12-10-5-11(15-8-10)7-13-3-1-9(6-13)2-4-14/h5,8-9,14H,1-4,6-7H2. The predicted molar refractivity (Wildman–Crippen MR) is 67.1 cm³/mol. The van der Waals surface area contributed by atoms with E-state index in [-0.39, 0.29) is 0 Å². The maximum absolute atomic E-state index is 8.88. The van der Waals surface area contributed by atoms with Crippen molar-refractivity contribution in [2.75, 3.05) is 19.7 Å². The summed E-state index contributed by atoms with van der Waals surface area (Å²) in [6.45, 7) is 3.73. The number of aliphatic hydroxyl groups is 1. The molecule has 0 saturated carbocycles. The lowest BCUT2D eigenvalue weighted by Gasteiger charge is -2.14. The van der Waals surface area contributed by atoms with Crippen LogP contribution < -0.4 is 0 Å². The van der Waals surface area contributed by atoms with Gasteiger partial charge >= 0.3 is 0 Å². The van der Waals surface area contributed by atoms with Gasteiger partial charge in [0.15, 0.2) is 0 Å². The van der Waals surface area contributed by atoms with E-state index in [0.717, 1.165) is 19.5 Å². The van der Waals surface area contributed by atoms with Gasteiger partial charge < -0.3 is 5.11 Å². The van der Waals surface area contributed by atoms with Gasteiger partial charge in [-0.25, -0.2) is 0 Å². The van der Waals surface area contributed by atoms with Crippen LogP contribution in [0.1, 0.15) is 17.7 Å². The van der Waals surface area contributed by atoms with E-state index in [1.807, 2.05) is 11.3 Å². The molecule has 4 heteroatoms. The Morgan fingerprint density at radius 1 is 1.60 bits per heavy atom. The summed E-state index contributed by atoms with van der Waals surface area (Å²) in [5.74, 6) is 0.707. The molecule has 0 radical (unpaired) electrons. The van der Waals surface area contributed by atoms with Gasteiger partial charge in [-0.2, -0.15) is 0 Å². The molecule has 15 heavy (non-hydrogen) atoms. The van der Waals surface area contributed by atoms with Crippen LogP contribution in [0.2, 0.25) is 0 Å². The number of hydrogen-bond acceptors (Lipinski definition) is 3. The third-order valence-electron chi connectivity index (χ3n) is 2.91. The molecule has 0 bridgehead atoms. The van der Waals surface area contributed by atoms with Crippen molar-refractivity contribution < 1.29 is 5.11 Å². The number of rotatable bonds is 4. The summed E-state index contributed by atoms with van der Waals surface area (Å²) in [7, 11) is 0. The van der Waals surface area contributed by atoms with E-state index in [1.165, 1.54) is 22.3 Å². The molecule has 0 amide bonds. The van der Waals surface area contributed by atoms with Crippen molar-refractivity contribution in [1.82, 2.24) is 4.90 Å². The first-order chi connectivity index (χ1) is 7.28. The minimum atomic E-state index is 0.336. The lowest BCUT2D eigenvalue weighted by Crippen LogP contribution is -2.19. The highest BCUT2D eigenvalue weighted by atomic mass is 79.9. The van der Waals surface area contributed by atoms with E-state index in [1.54, 1.807) is 0 Å². The molecule has 1 aliphatic heterocycles. The second kappa shape index (κ2) is 5.43. The molecule has 1 aliphatic rings. The van der Waals surface area contributed by atoms with Crippen molar-refractivity contribution in [2.45, 2.75) is 19.4 Å². The summed E-state index contributed by atoms with van der Waals surface area (Å²) >= 11 is 5.29. The van der Waals surface area contributed by atoms with Crippen molar-refractivity contribution in [1.29, 1.82) is 0 Å². The monoisotopic (exact) mass is 289 g/mol. The van der Waals surface area contributed by atoms with Gasteiger partial charge in [0.2, 0.25) is 0 Å². The molecule has 1 fully saturated rings. The van der Waals surface area contributed by atoms with Gasteiger partial charge in [-0.15, -0.1) is 11.3 Å². The van der Waals surface area contributed by atoms with Gasteiger partial charge in [0.05, 0.1) is 0 Å². The molecule has 0 spiro atoms. The average molecular weight is 290 g/mol. The van der Waals surface area contributed by atoms with Gasteiger partial charge in [0, 0.05) is 34.4 Å². The van der Waals surface area contributed by atoms with Crippen LogP contribution >= 0.6 is 27.3 Å². The van der Waals surface area contributed by atoms with Crippen molar-refractivity contribution in [2.24, 2.45) is 5.92 Å². The predicted octanol–water partition coefficient (Wildman–Crippen LogP) is 2.71. The SMILES string of the molecule is OCCC1CCN(Cc2cc(Br)cs2)C1. The maximum Gasteiger partial charge on any atom is 0.0434 e. The van der Waals surface area contributed by atoms with Crippen molar-refractivity contribution in [3.05, 3.63) is 20.8 Å². The molecule has 0 aliphatic carbocycles. The van der Waals surface area contributed by atoms with E-state index < -0.39 is 0 Å². The fourth-order valence-electron chi connectivity index (χ4n) is 2.13. The number of nitrogens with zero attached hydrogens (tertiary/aromatic N) is 1. The quantitative estimate of drug-likeness (QED) is 0.921.